The molecule has 26 heavy (non-hydrogen) atoms. The summed E-state index contributed by atoms with van der Waals surface area (Å²) in [5.41, 5.74) is 7.13. The molecule has 0 saturated carbocycles. The highest BCUT2D eigenvalue weighted by Gasteiger charge is 2.28. The molecule has 1 amide bonds. The Labute approximate surface area is 170 Å². The van der Waals surface area contributed by atoms with Crippen molar-refractivity contribution in [1.29, 1.82) is 0 Å². The number of thiazole rings is 1. The lowest BCUT2D eigenvalue weighted by Gasteiger charge is -2.33. The van der Waals surface area contributed by atoms with Crippen molar-refractivity contribution in [2.75, 3.05) is 6.54 Å². The summed E-state index contributed by atoms with van der Waals surface area (Å²) < 4.78 is 12.9. The third kappa shape index (κ3) is 6.83. The van der Waals surface area contributed by atoms with Crippen molar-refractivity contribution in [2.24, 2.45) is 11.7 Å². The van der Waals surface area contributed by atoms with Crippen LogP contribution in [0.25, 0.3) is 0 Å². The Morgan fingerprint density at radius 1 is 1.31 bits per heavy atom. The van der Waals surface area contributed by atoms with Crippen LogP contribution in [-0.2, 0) is 17.6 Å². The molecule has 0 radical (unpaired) electrons. The molecular formula is C18H26Cl2FN3OS. The molecule has 2 rings (SSSR count). The largest absolute Gasteiger partial charge is 0.349 e. The molecule has 0 fully saturated rings. The van der Waals surface area contributed by atoms with E-state index in [1.165, 1.54) is 23.5 Å². The van der Waals surface area contributed by atoms with Gasteiger partial charge in [-0.1, -0.05) is 26.0 Å². The van der Waals surface area contributed by atoms with E-state index in [-0.39, 0.29) is 48.9 Å². The van der Waals surface area contributed by atoms with Gasteiger partial charge < -0.3 is 11.1 Å². The monoisotopic (exact) mass is 421 g/mol. The Bertz CT molecular complexity index is 694. The van der Waals surface area contributed by atoms with Gasteiger partial charge in [0.15, 0.2) is 0 Å². The van der Waals surface area contributed by atoms with Crippen LogP contribution in [0.3, 0.4) is 0 Å². The van der Waals surface area contributed by atoms with Crippen molar-refractivity contribution in [3.05, 3.63) is 51.7 Å². The van der Waals surface area contributed by atoms with Crippen LogP contribution in [0.1, 0.15) is 37.0 Å². The summed E-state index contributed by atoms with van der Waals surface area (Å²) in [6.07, 6.45) is 0.876. The second kappa shape index (κ2) is 10.8. The van der Waals surface area contributed by atoms with E-state index in [9.17, 15) is 9.18 Å². The smallest absolute Gasteiger partial charge is 0.226 e. The van der Waals surface area contributed by atoms with Gasteiger partial charge in [-0.2, -0.15) is 0 Å². The summed E-state index contributed by atoms with van der Waals surface area (Å²) in [4.78, 5) is 16.8. The quantitative estimate of drug-likeness (QED) is 0.714. The Morgan fingerprint density at radius 2 is 1.92 bits per heavy atom. The summed E-state index contributed by atoms with van der Waals surface area (Å²) in [6, 6.07) is 6.38. The van der Waals surface area contributed by atoms with Gasteiger partial charge in [-0.05, 0) is 30.5 Å². The number of carbonyl (C=O) groups is 1. The van der Waals surface area contributed by atoms with Gasteiger partial charge in [-0.25, -0.2) is 9.37 Å². The van der Waals surface area contributed by atoms with Crippen LogP contribution in [0.15, 0.2) is 29.6 Å². The summed E-state index contributed by atoms with van der Waals surface area (Å²) in [7, 11) is 0. The maximum atomic E-state index is 12.9. The molecule has 2 aromatic rings. The highest BCUT2D eigenvalue weighted by molar-refractivity contribution is 7.09. The predicted octanol–water partition coefficient (Wildman–Crippen LogP) is 3.75. The fraction of sp³-hybridized carbons (Fsp3) is 0.444. The van der Waals surface area contributed by atoms with Gasteiger partial charge in [-0.3, -0.25) is 4.79 Å². The van der Waals surface area contributed by atoms with Crippen LogP contribution in [0.2, 0.25) is 0 Å². The number of carbonyl (C=O) groups excluding carboxylic acids is 1. The molecule has 0 aliphatic rings. The van der Waals surface area contributed by atoms with E-state index in [1.807, 2.05) is 26.2 Å². The second-order valence-electron chi connectivity index (χ2n) is 6.54. The second-order valence-corrected chi connectivity index (χ2v) is 7.48. The number of rotatable bonds is 7. The zero-order valence-electron chi connectivity index (χ0n) is 15.1. The van der Waals surface area contributed by atoms with Crippen molar-refractivity contribution >= 4 is 42.1 Å². The highest BCUT2D eigenvalue weighted by atomic mass is 35.5. The van der Waals surface area contributed by atoms with Crippen LogP contribution in [0.4, 0.5) is 4.39 Å². The van der Waals surface area contributed by atoms with Crippen LogP contribution in [0, 0.1) is 11.7 Å². The van der Waals surface area contributed by atoms with Gasteiger partial charge >= 0.3 is 0 Å². The first-order valence-corrected chi connectivity index (χ1v) is 8.89. The summed E-state index contributed by atoms with van der Waals surface area (Å²) in [5, 5.41) is 5.82. The summed E-state index contributed by atoms with van der Waals surface area (Å²) >= 11 is 1.51. The molecule has 1 aromatic carbocycles. The van der Waals surface area contributed by atoms with E-state index in [4.69, 9.17) is 5.73 Å². The average molecular weight is 422 g/mol. The fourth-order valence-electron chi connectivity index (χ4n) is 2.25. The van der Waals surface area contributed by atoms with E-state index in [0.29, 0.717) is 13.0 Å². The normalized spacial score (nSPS) is 12.7. The van der Waals surface area contributed by atoms with Gasteiger partial charge in [0, 0.05) is 18.3 Å². The van der Waals surface area contributed by atoms with E-state index < -0.39 is 5.54 Å². The molecule has 1 heterocycles. The van der Waals surface area contributed by atoms with E-state index in [2.05, 4.69) is 10.3 Å². The molecule has 0 spiro atoms. The zero-order valence-corrected chi connectivity index (χ0v) is 17.6. The lowest BCUT2D eigenvalue weighted by atomic mass is 9.88. The molecule has 8 heteroatoms. The lowest BCUT2D eigenvalue weighted by Crippen LogP contribution is -2.55. The van der Waals surface area contributed by atoms with Crippen LogP contribution >= 0.6 is 36.2 Å². The number of benzene rings is 1. The molecule has 0 aliphatic heterocycles. The highest BCUT2D eigenvalue weighted by Crippen LogP contribution is 2.17. The van der Waals surface area contributed by atoms with Crippen LogP contribution in [-0.4, -0.2) is 23.0 Å². The first kappa shape index (κ1) is 24.8. The number of nitrogens with one attached hydrogen (secondary N) is 1. The third-order valence-corrected chi connectivity index (χ3v) is 5.23. The molecule has 1 atom stereocenters. The SMILES string of the molecule is CC(C)C(C)(CN)NC(=O)Cc1csc(Cc2ccc(F)cc2)n1.Cl.Cl. The first-order valence-electron chi connectivity index (χ1n) is 8.01. The third-order valence-electron chi connectivity index (χ3n) is 4.33. The molecule has 0 aliphatic carbocycles. The maximum Gasteiger partial charge on any atom is 0.226 e. The van der Waals surface area contributed by atoms with Crippen molar-refractivity contribution in [2.45, 2.75) is 39.2 Å². The van der Waals surface area contributed by atoms with E-state index >= 15 is 0 Å². The van der Waals surface area contributed by atoms with Gasteiger partial charge in [0.25, 0.3) is 0 Å². The molecule has 0 bridgehead atoms. The fourth-order valence-corrected chi connectivity index (χ4v) is 3.07. The topological polar surface area (TPSA) is 68.0 Å². The molecule has 4 nitrogen and oxygen atoms in total. The number of nitrogens with zero attached hydrogens (tertiary/aromatic N) is 1. The standard InChI is InChI=1S/C18H24FN3OS.2ClH/c1-12(2)18(3,11-20)22-16(23)9-15-10-24-17(21-15)8-13-4-6-14(19)7-5-13;;/h4-7,10,12H,8-9,11,20H2,1-3H3,(H,22,23);2*1H. The molecule has 146 valence electrons. The van der Waals surface area contributed by atoms with Gasteiger partial charge in [0.05, 0.1) is 22.7 Å². The molecular weight excluding hydrogens is 396 g/mol. The predicted molar refractivity (Wildman–Crippen MR) is 110 cm³/mol. The zero-order chi connectivity index (χ0) is 17.7. The van der Waals surface area contributed by atoms with Crippen molar-refractivity contribution < 1.29 is 9.18 Å². The minimum Gasteiger partial charge on any atom is -0.349 e. The van der Waals surface area contributed by atoms with E-state index in [0.717, 1.165) is 16.3 Å². The van der Waals surface area contributed by atoms with Crippen molar-refractivity contribution in [3.8, 4) is 0 Å². The Morgan fingerprint density at radius 3 is 2.46 bits per heavy atom. The van der Waals surface area contributed by atoms with Gasteiger partial charge in [0.1, 0.15) is 5.82 Å². The number of amides is 1. The minimum absolute atomic E-state index is 0. The number of hydrogen-bond acceptors (Lipinski definition) is 4. The van der Waals surface area contributed by atoms with Crippen LogP contribution in [0.5, 0.6) is 0 Å². The first-order chi connectivity index (χ1) is 11.3. The minimum atomic E-state index is -0.413. The Balaban J connectivity index is 0.00000312. The van der Waals surface area contributed by atoms with Gasteiger partial charge in [0.2, 0.25) is 5.91 Å². The number of halogens is 3. The Kier molecular flexibility index (Phi) is 10.3. The number of hydrogen-bond donors (Lipinski definition) is 2. The van der Waals surface area contributed by atoms with Crippen molar-refractivity contribution in [3.63, 3.8) is 0 Å². The maximum absolute atomic E-state index is 12.9. The van der Waals surface area contributed by atoms with E-state index in [1.54, 1.807) is 12.1 Å². The molecule has 1 unspecified atom stereocenters. The number of aromatic nitrogens is 1. The molecule has 0 saturated heterocycles. The van der Waals surface area contributed by atoms with Crippen molar-refractivity contribution in [1.82, 2.24) is 10.3 Å². The molecule has 3 N–H and O–H groups in total. The number of nitrogens with two attached hydrogens (primary N) is 1. The Hall–Kier alpha value is -1.21. The lowest BCUT2D eigenvalue weighted by molar-refractivity contribution is -0.122. The van der Waals surface area contributed by atoms with Gasteiger partial charge in [-0.15, -0.1) is 36.2 Å². The molecule has 1 aromatic heterocycles. The van der Waals surface area contributed by atoms with Crippen LogP contribution < -0.4 is 11.1 Å². The summed E-state index contributed by atoms with van der Waals surface area (Å²) in [6.45, 7) is 6.42. The summed E-state index contributed by atoms with van der Waals surface area (Å²) in [5.74, 6) is -0.0745. The average Bonchev–Trinajstić information content (AvgIpc) is 2.96.